The lowest BCUT2D eigenvalue weighted by molar-refractivity contribution is 0.430. The molecule has 7 nitrogen and oxygen atoms in total. The van der Waals surface area contributed by atoms with Gasteiger partial charge in [-0.2, -0.15) is 8.42 Å². The Hall–Kier alpha value is -1.83. The number of hydrogen-bond donors (Lipinski definition) is 2. The molecule has 2 N–H and O–H groups in total. The number of sulfonamides is 1. The van der Waals surface area contributed by atoms with Gasteiger partial charge in [0.05, 0.1) is 11.9 Å². The molecule has 2 aromatic heterocycles. The van der Waals surface area contributed by atoms with Crippen molar-refractivity contribution in [2.75, 3.05) is 4.72 Å². The Kier molecular flexibility index (Phi) is 3.12. The van der Waals surface area contributed by atoms with Crippen molar-refractivity contribution >= 4 is 15.9 Å². The summed E-state index contributed by atoms with van der Waals surface area (Å²) in [5.74, 6) is 0.737. The molecule has 18 heavy (non-hydrogen) atoms. The number of H-pyrrole nitrogens is 1. The summed E-state index contributed by atoms with van der Waals surface area (Å²) in [5.41, 5.74) is 1.31. The highest BCUT2D eigenvalue weighted by Gasteiger charge is 2.21. The van der Waals surface area contributed by atoms with Gasteiger partial charge in [0, 0.05) is 12.0 Å². The largest absolute Gasteiger partial charge is 0.337 e. The fourth-order valence-electron chi connectivity index (χ4n) is 1.35. The number of aromatic nitrogens is 3. The Balaban J connectivity index is 2.30. The van der Waals surface area contributed by atoms with Gasteiger partial charge in [-0.1, -0.05) is 12.1 Å². The standard InChI is InChI=1S/C10H14N4O3S/c1-4-8-11-5-9(12-8)18(15,16)14-10-6(2)7(3)13-17-10/h5,14H,4H2,1-3H3,(H,11,12). The van der Waals surface area contributed by atoms with E-state index in [4.69, 9.17) is 4.52 Å². The normalized spacial score (nSPS) is 11.7. The highest BCUT2D eigenvalue weighted by molar-refractivity contribution is 7.92. The summed E-state index contributed by atoms with van der Waals surface area (Å²) in [6.45, 7) is 5.35. The van der Waals surface area contributed by atoms with Crippen molar-refractivity contribution in [2.24, 2.45) is 0 Å². The first-order valence-corrected chi connectivity index (χ1v) is 6.92. The van der Waals surface area contributed by atoms with E-state index in [0.29, 0.717) is 23.5 Å². The van der Waals surface area contributed by atoms with Crippen LogP contribution in [0.4, 0.5) is 5.88 Å². The molecule has 0 unspecified atom stereocenters. The van der Waals surface area contributed by atoms with Crippen molar-refractivity contribution in [2.45, 2.75) is 32.2 Å². The smallest absolute Gasteiger partial charge is 0.281 e. The Morgan fingerprint density at radius 2 is 2.17 bits per heavy atom. The number of nitrogens with one attached hydrogen (secondary N) is 2. The minimum atomic E-state index is -3.71. The summed E-state index contributed by atoms with van der Waals surface area (Å²) in [5, 5.41) is 3.69. The van der Waals surface area contributed by atoms with Crippen LogP contribution in [0.25, 0.3) is 0 Å². The molecule has 98 valence electrons. The topological polar surface area (TPSA) is 101 Å². The van der Waals surface area contributed by atoms with Crippen LogP contribution in [0.3, 0.4) is 0 Å². The first kappa shape index (κ1) is 12.6. The Morgan fingerprint density at radius 3 is 2.67 bits per heavy atom. The van der Waals surface area contributed by atoms with Crippen molar-refractivity contribution in [3.8, 4) is 0 Å². The first-order chi connectivity index (χ1) is 8.44. The second-order valence-electron chi connectivity index (χ2n) is 3.88. The lowest BCUT2D eigenvalue weighted by Gasteiger charge is -2.02. The highest BCUT2D eigenvalue weighted by Crippen LogP contribution is 2.20. The number of aryl methyl sites for hydroxylation is 2. The maximum atomic E-state index is 12.0. The van der Waals surface area contributed by atoms with E-state index < -0.39 is 10.0 Å². The molecular weight excluding hydrogens is 256 g/mol. The molecule has 2 rings (SSSR count). The number of nitrogens with zero attached hydrogens (tertiary/aromatic N) is 2. The lowest BCUT2D eigenvalue weighted by Crippen LogP contribution is -2.13. The van der Waals surface area contributed by atoms with Gasteiger partial charge in [0.15, 0.2) is 5.03 Å². The molecule has 2 heterocycles. The molecule has 0 aliphatic heterocycles. The van der Waals surface area contributed by atoms with Crippen LogP contribution in [-0.4, -0.2) is 23.5 Å². The summed E-state index contributed by atoms with van der Waals surface area (Å²) in [4.78, 5) is 6.68. The molecule has 0 spiro atoms. The summed E-state index contributed by atoms with van der Waals surface area (Å²) in [6.07, 6.45) is 1.91. The lowest BCUT2D eigenvalue weighted by atomic mass is 10.3. The van der Waals surface area contributed by atoms with E-state index >= 15 is 0 Å². The molecule has 8 heteroatoms. The van der Waals surface area contributed by atoms with Gasteiger partial charge in [-0.25, -0.2) is 9.71 Å². The number of hydrogen-bond acceptors (Lipinski definition) is 5. The van der Waals surface area contributed by atoms with E-state index in [0.717, 1.165) is 0 Å². The van der Waals surface area contributed by atoms with Crippen LogP contribution < -0.4 is 4.72 Å². The third-order valence-corrected chi connectivity index (χ3v) is 3.85. The second kappa shape index (κ2) is 4.45. The maximum Gasteiger partial charge on any atom is 0.281 e. The zero-order chi connectivity index (χ0) is 13.3. The van der Waals surface area contributed by atoms with Gasteiger partial charge in [0.2, 0.25) is 5.88 Å². The number of imidazole rings is 1. The summed E-state index contributed by atoms with van der Waals surface area (Å²) >= 11 is 0. The summed E-state index contributed by atoms with van der Waals surface area (Å²) < 4.78 is 31.3. The molecule has 0 aromatic carbocycles. The van der Waals surface area contributed by atoms with E-state index in [9.17, 15) is 8.42 Å². The average molecular weight is 270 g/mol. The van der Waals surface area contributed by atoms with Gasteiger partial charge in [0.25, 0.3) is 10.0 Å². The average Bonchev–Trinajstić information content (AvgIpc) is 2.91. The molecule has 0 radical (unpaired) electrons. The third-order valence-electron chi connectivity index (χ3n) is 2.61. The summed E-state index contributed by atoms with van der Waals surface area (Å²) in [7, 11) is -3.71. The number of aromatic amines is 1. The molecule has 0 bridgehead atoms. The van der Waals surface area contributed by atoms with Crippen LogP contribution in [0.2, 0.25) is 0 Å². The molecule has 0 aliphatic rings. The van der Waals surface area contributed by atoms with Gasteiger partial charge >= 0.3 is 0 Å². The van der Waals surface area contributed by atoms with E-state index in [2.05, 4.69) is 19.8 Å². The van der Waals surface area contributed by atoms with Crippen LogP contribution in [0.5, 0.6) is 0 Å². The molecule has 0 saturated carbocycles. The van der Waals surface area contributed by atoms with Crippen molar-refractivity contribution in [3.05, 3.63) is 23.3 Å². The Morgan fingerprint density at radius 1 is 1.44 bits per heavy atom. The van der Waals surface area contributed by atoms with Gasteiger partial charge in [-0.15, -0.1) is 0 Å². The highest BCUT2D eigenvalue weighted by atomic mass is 32.2. The number of rotatable bonds is 4. The van der Waals surface area contributed by atoms with Crippen LogP contribution in [0.1, 0.15) is 24.0 Å². The zero-order valence-corrected chi connectivity index (χ0v) is 11.1. The predicted octanol–water partition coefficient (Wildman–Crippen LogP) is 1.38. The van der Waals surface area contributed by atoms with E-state index in [1.807, 2.05) is 6.92 Å². The first-order valence-electron chi connectivity index (χ1n) is 5.43. The van der Waals surface area contributed by atoms with Gasteiger partial charge in [-0.05, 0) is 13.8 Å². The van der Waals surface area contributed by atoms with Crippen molar-refractivity contribution in [1.29, 1.82) is 0 Å². The van der Waals surface area contributed by atoms with Crippen LogP contribution in [-0.2, 0) is 16.4 Å². The van der Waals surface area contributed by atoms with Crippen molar-refractivity contribution in [1.82, 2.24) is 15.1 Å². The van der Waals surface area contributed by atoms with Crippen molar-refractivity contribution in [3.63, 3.8) is 0 Å². The van der Waals surface area contributed by atoms with Crippen molar-refractivity contribution < 1.29 is 12.9 Å². The third kappa shape index (κ3) is 2.23. The van der Waals surface area contributed by atoms with E-state index in [1.54, 1.807) is 13.8 Å². The molecule has 0 aliphatic carbocycles. The molecule has 0 fully saturated rings. The zero-order valence-electron chi connectivity index (χ0n) is 10.3. The van der Waals surface area contributed by atoms with Crippen LogP contribution in [0, 0.1) is 13.8 Å². The van der Waals surface area contributed by atoms with Crippen LogP contribution in [0.15, 0.2) is 15.7 Å². The van der Waals surface area contributed by atoms with E-state index in [1.165, 1.54) is 6.20 Å². The fourth-order valence-corrected chi connectivity index (χ4v) is 2.34. The Bertz CT molecular complexity index is 656. The molecular formula is C10H14N4O3S. The fraction of sp³-hybridized carbons (Fsp3) is 0.400. The molecule has 0 amide bonds. The van der Waals surface area contributed by atoms with Gasteiger partial charge in [0.1, 0.15) is 5.82 Å². The molecule has 2 aromatic rings. The number of anilines is 1. The molecule has 0 saturated heterocycles. The predicted molar refractivity (Wildman–Crippen MR) is 64.8 cm³/mol. The quantitative estimate of drug-likeness (QED) is 0.874. The maximum absolute atomic E-state index is 12.0. The van der Waals surface area contributed by atoms with E-state index in [-0.39, 0.29) is 10.9 Å². The summed E-state index contributed by atoms with van der Waals surface area (Å²) in [6, 6.07) is 0. The second-order valence-corrected chi connectivity index (χ2v) is 5.53. The minimum Gasteiger partial charge on any atom is -0.337 e. The minimum absolute atomic E-state index is 0.00723. The van der Waals surface area contributed by atoms with Gasteiger partial charge < -0.3 is 9.51 Å². The van der Waals surface area contributed by atoms with Gasteiger partial charge in [-0.3, -0.25) is 0 Å². The monoisotopic (exact) mass is 270 g/mol. The Labute approximate surface area is 105 Å². The SMILES string of the molecule is CCc1ncc(S(=O)(=O)Nc2onc(C)c2C)[nH]1. The van der Waals surface area contributed by atoms with Crippen LogP contribution >= 0.6 is 0 Å². The molecule has 0 atom stereocenters.